The lowest BCUT2D eigenvalue weighted by Gasteiger charge is -2.38. The molecule has 3 aromatic rings. The molecular weight excluding hydrogens is 1120 g/mol. The number of aromatic hydroxyl groups is 1. The number of likely N-dealkylation sites (N-methyl/N-ethyl adjacent to an activating group) is 1. The van der Waals surface area contributed by atoms with E-state index < -0.39 is 120 Å². The number of aliphatic hydroxyl groups is 1. The van der Waals surface area contributed by atoms with Gasteiger partial charge in [0.25, 0.3) is 5.91 Å². The lowest BCUT2D eigenvalue weighted by atomic mass is 9.98. The fourth-order valence-corrected chi connectivity index (χ4v) is 11.2. The molecule has 2 aromatic carbocycles. The standard InChI is InChI=1S/C59H84N16O12/c1-6-75(22-10-14-48(75)50(60)79)58(87)41(13-9-21-64-59(61)62)68-52(81)42(23-32(2)3)69-53(82)43(24-33(4)5)70-54(83)44(25-34-15-17-37(77)18-16-34)71-57(86)47(30-76)74-55(84)45(26-35-28-65-39-12-8-7-11-38(35)39)72-56(85)46(27-36-29-63-31-66-36)73-51(80)40-19-20-49(78)67-40/h7-8,11-12,15-18,28-29,31-33,36,40-48,65,76H,6,9-10,13-14,19-27,30H2,1-5H3,(H14-,60,61,62,64,67,68,69,70,71,72,73,74,77,78,79,80,81,82,83,84,85,86)/p+1/t36?,40-,41-,42-,43+,44-,45-,46-,47-,48-,75?/m0/s1. The molecule has 3 aliphatic heterocycles. The molecule has 17 N–H and O–H groups in total. The van der Waals surface area contributed by atoms with Crippen LogP contribution in [0.2, 0.25) is 0 Å². The molecule has 10 amide bonds. The predicted octanol–water partition coefficient (Wildman–Crippen LogP) is -1.65. The van der Waals surface area contributed by atoms with Crippen LogP contribution in [0.5, 0.6) is 5.75 Å². The molecule has 6 rings (SSSR count). The first-order valence-electron chi connectivity index (χ1n) is 29.6. The smallest absolute Gasteiger partial charge is 0.336 e. The molecule has 0 radical (unpaired) electrons. The molecule has 2 unspecified atom stereocenters. The first kappa shape index (κ1) is 67.3. The van der Waals surface area contributed by atoms with Crippen molar-refractivity contribution in [2.75, 3.05) is 26.2 Å². The number of phenols is 1. The summed E-state index contributed by atoms with van der Waals surface area (Å²) in [5.41, 5.74) is 18.7. The third-order valence-electron chi connectivity index (χ3n) is 15.8. The van der Waals surface area contributed by atoms with Crippen molar-refractivity contribution in [3.05, 3.63) is 65.9 Å². The second-order valence-corrected chi connectivity index (χ2v) is 23.2. The van der Waals surface area contributed by atoms with Gasteiger partial charge in [0.2, 0.25) is 47.3 Å². The summed E-state index contributed by atoms with van der Waals surface area (Å²) in [6.07, 6.45) is 5.67. The van der Waals surface area contributed by atoms with Crippen LogP contribution in [0.3, 0.4) is 0 Å². The van der Waals surface area contributed by atoms with Crippen molar-refractivity contribution in [3.63, 3.8) is 0 Å². The summed E-state index contributed by atoms with van der Waals surface area (Å²) in [7, 11) is 0. The highest BCUT2D eigenvalue weighted by atomic mass is 16.3. The van der Waals surface area contributed by atoms with Crippen LogP contribution >= 0.6 is 0 Å². The number of aromatic amines is 1. The third-order valence-corrected chi connectivity index (χ3v) is 15.8. The average molecular weight is 1210 g/mol. The van der Waals surface area contributed by atoms with Gasteiger partial charge in [0.05, 0.1) is 25.7 Å². The van der Waals surface area contributed by atoms with Crippen LogP contribution in [0.1, 0.15) is 104 Å². The minimum atomic E-state index is -1.76. The molecule has 472 valence electrons. The highest BCUT2D eigenvalue weighted by Gasteiger charge is 2.52. The Kier molecular flexibility index (Phi) is 24.4. The predicted molar refractivity (Wildman–Crippen MR) is 323 cm³/mol. The Morgan fingerprint density at radius 1 is 0.724 bits per heavy atom. The quantitative estimate of drug-likeness (QED) is 0.0144. The summed E-state index contributed by atoms with van der Waals surface area (Å²) in [5.74, 6) is -7.86. The van der Waals surface area contributed by atoms with E-state index in [-0.39, 0.29) is 105 Å². The molecule has 0 bridgehead atoms. The summed E-state index contributed by atoms with van der Waals surface area (Å²) in [5, 5.41) is 43.1. The fourth-order valence-electron chi connectivity index (χ4n) is 11.2. The number of aliphatic imine (C=N–C) groups is 3. The number of hydrogen-bond donors (Lipinski definition) is 14. The van der Waals surface area contributed by atoms with Crippen molar-refractivity contribution < 1.29 is 62.6 Å². The first-order chi connectivity index (χ1) is 41.4. The minimum absolute atomic E-state index is 0.0341. The van der Waals surface area contributed by atoms with Gasteiger partial charge < -0.3 is 74.9 Å². The number of quaternary nitrogens is 1. The number of aliphatic hydroxyl groups excluding tert-OH is 1. The van der Waals surface area contributed by atoms with E-state index in [4.69, 9.17) is 17.2 Å². The molecule has 4 heterocycles. The highest BCUT2D eigenvalue weighted by Crippen LogP contribution is 2.30. The molecule has 28 nitrogen and oxygen atoms in total. The van der Waals surface area contributed by atoms with E-state index in [1.807, 2.05) is 19.9 Å². The van der Waals surface area contributed by atoms with Crippen LogP contribution < -0.4 is 59.7 Å². The van der Waals surface area contributed by atoms with Crippen molar-refractivity contribution >= 4 is 88.5 Å². The highest BCUT2D eigenvalue weighted by molar-refractivity contribution is 5.99. The average Bonchev–Trinajstić information content (AvgIpc) is 1.96. The van der Waals surface area contributed by atoms with E-state index in [1.54, 1.807) is 45.2 Å². The zero-order valence-electron chi connectivity index (χ0n) is 49.9. The lowest BCUT2D eigenvalue weighted by Crippen LogP contribution is -2.66. The number of phenolic OH excluding ortho intramolecular Hbond substituents is 1. The number of nitrogens with two attached hydrogens (primary N) is 3. The van der Waals surface area contributed by atoms with Gasteiger partial charge in [0.1, 0.15) is 60.4 Å². The number of carbonyl (C=O) groups excluding carboxylic acids is 10. The maximum absolute atomic E-state index is 14.7. The van der Waals surface area contributed by atoms with Crippen LogP contribution in [-0.4, -0.2) is 184 Å². The summed E-state index contributed by atoms with van der Waals surface area (Å²) in [6, 6.07) is 0.839. The molecule has 11 atom stereocenters. The van der Waals surface area contributed by atoms with Crippen LogP contribution in [0, 0.1) is 11.8 Å². The number of nitrogens with one attached hydrogen (secondary N) is 9. The Bertz CT molecular complexity index is 3040. The molecule has 28 heteroatoms. The van der Waals surface area contributed by atoms with E-state index in [2.05, 4.69) is 62.5 Å². The van der Waals surface area contributed by atoms with Gasteiger partial charge in [-0.2, -0.15) is 0 Å². The van der Waals surface area contributed by atoms with Crippen molar-refractivity contribution in [1.82, 2.24) is 47.5 Å². The van der Waals surface area contributed by atoms with E-state index in [0.717, 1.165) is 5.52 Å². The van der Waals surface area contributed by atoms with Crippen LogP contribution in [0.25, 0.3) is 10.9 Å². The number of nitrogens with zero attached hydrogens (tertiary/aromatic N) is 4. The summed E-state index contributed by atoms with van der Waals surface area (Å²) >= 11 is 0. The second kappa shape index (κ2) is 31.6. The molecule has 2 fully saturated rings. The number of aromatic nitrogens is 1. The summed E-state index contributed by atoms with van der Waals surface area (Å²) in [4.78, 5) is 155. The van der Waals surface area contributed by atoms with Gasteiger partial charge in [-0.1, -0.05) is 58.0 Å². The molecule has 3 aliphatic rings. The number of carbonyl (C=O) groups is 10. The van der Waals surface area contributed by atoms with Gasteiger partial charge in [-0.15, -0.1) is 0 Å². The maximum Gasteiger partial charge on any atom is 0.336 e. The zero-order valence-corrected chi connectivity index (χ0v) is 49.9. The number of likely N-dealkylation sites (tertiary alicyclic amines) is 1. The van der Waals surface area contributed by atoms with Gasteiger partial charge in [0.15, 0.2) is 12.0 Å². The van der Waals surface area contributed by atoms with Crippen LogP contribution in [-0.2, 0) is 60.8 Å². The molecule has 2 saturated heterocycles. The van der Waals surface area contributed by atoms with Gasteiger partial charge >= 0.3 is 5.91 Å². The number of amides is 10. The van der Waals surface area contributed by atoms with E-state index in [0.29, 0.717) is 35.9 Å². The number of H-pyrrole nitrogens is 1. The molecule has 0 aliphatic carbocycles. The summed E-state index contributed by atoms with van der Waals surface area (Å²) < 4.78 is -0.273. The van der Waals surface area contributed by atoms with Gasteiger partial charge in [-0.3, -0.25) is 53.1 Å². The van der Waals surface area contributed by atoms with Crippen LogP contribution in [0.4, 0.5) is 0 Å². The largest absolute Gasteiger partial charge is 0.508 e. The van der Waals surface area contributed by atoms with Crippen molar-refractivity contribution in [2.24, 2.45) is 44.0 Å². The van der Waals surface area contributed by atoms with Gasteiger partial charge in [-0.05, 0) is 80.2 Å². The van der Waals surface area contributed by atoms with E-state index in [9.17, 15) is 58.2 Å². The van der Waals surface area contributed by atoms with Crippen molar-refractivity contribution in [3.8, 4) is 5.75 Å². The molecular formula is C59H85N16O12+. The minimum Gasteiger partial charge on any atom is -0.508 e. The summed E-state index contributed by atoms with van der Waals surface area (Å²) in [6.45, 7) is 8.72. The Balaban J connectivity index is 1.23. The third kappa shape index (κ3) is 18.9. The van der Waals surface area contributed by atoms with Crippen molar-refractivity contribution in [1.29, 1.82) is 0 Å². The van der Waals surface area contributed by atoms with Gasteiger partial charge in [-0.25, -0.2) is 14.3 Å². The number of guanidine groups is 1. The first-order valence-corrected chi connectivity index (χ1v) is 29.6. The lowest BCUT2D eigenvalue weighted by molar-refractivity contribution is -0.856. The number of rotatable bonds is 32. The second-order valence-electron chi connectivity index (χ2n) is 23.2. The number of primary amides is 1. The topological polar surface area (TPSA) is 438 Å². The van der Waals surface area contributed by atoms with Gasteiger partial charge in [0, 0.05) is 68.4 Å². The number of hydrogen-bond acceptors (Lipinski definition) is 15. The number of para-hydroxylation sites is 1. The molecule has 87 heavy (non-hydrogen) atoms. The number of fused-ring (bicyclic) bond motifs is 1. The maximum atomic E-state index is 14.7. The molecule has 1 aromatic heterocycles. The molecule has 0 saturated carbocycles. The van der Waals surface area contributed by atoms with E-state index in [1.165, 1.54) is 36.8 Å². The number of benzene rings is 2. The van der Waals surface area contributed by atoms with Crippen molar-refractivity contribution in [2.45, 2.75) is 166 Å². The SMILES string of the molecule is CC[N+]1(C(=O)[C@H](CCCN=C(N)N)NC(=O)[C@H](CC(C)C)NC(=O)[C@@H](CC(C)C)NC(=O)[C@H](Cc2ccc(O)cc2)NC(=O)[C@H](CO)NC(=O)[C@H](Cc2c[nH]c3ccccc23)NC(=O)[C@H](CC2C=NC=N2)NC(=O)[C@@H]2CCC(=O)N2)CCC[C@H]1C(N)=O. The Morgan fingerprint density at radius 3 is 1.86 bits per heavy atom. The monoisotopic (exact) mass is 1210 g/mol. The zero-order chi connectivity index (χ0) is 63.5. The molecule has 0 spiro atoms. The fraction of sp³-hybridized carbons (Fsp3) is 0.542. The Morgan fingerprint density at radius 2 is 1.30 bits per heavy atom. The Labute approximate surface area is 504 Å². The normalized spacial score (nSPS) is 20.3. The van der Waals surface area contributed by atoms with E-state index >= 15 is 0 Å². The Hall–Kier alpha value is -8.79. The van der Waals surface area contributed by atoms with Crippen LogP contribution in [0.15, 0.2) is 69.7 Å².